The van der Waals surface area contributed by atoms with E-state index in [9.17, 15) is 0 Å². The van der Waals surface area contributed by atoms with E-state index in [0.29, 0.717) is 18.4 Å². The molecule has 2 aliphatic rings. The van der Waals surface area contributed by atoms with E-state index in [2.05, 4.69) is 40.7 Å². The molecular formula is C18H32O3. The Hall–Kier alpha value is -0.800. The second-order valence-corrected chi connectivity index (χ2v) is 7.30. The zero-order valence-corrected chi connectivity index (χ0v) is 14.4. The summed E-state index contributed by atoms with van der Waals surface area (Å²) in [7, 11) is 1.66. The molecule has 0 spiro atoms. The molecular weight excluding hydrogens is 264 g/mol. The highest BCUT2D eigenvalue weighted by Gasteiger charge is 2.43. The van der Waals surface area contributed by atoms with Crippen LogP contribution in [0.15, 0.2) is 23.5 Å². The van der Waals surface area contributed by atoms with Crippen molar-refractivity contribution in [2.45, 2.75) is 47.5 Å². The summed E-state index contributed by atoms with van der Waals surface area (Å²) in [6.45, 7) is 11.4. The maximum atomic E-state index is 8.94. The second kappa shape index (κ2) is 6.97. The standard InChI is InChI=1S/C9H16O2.C9H16O/c1-9(2)7(5-10)4-8(9)6-11-3;1-4-7-5-8(6-10)9(7,2)3/h6-7,10H,4-5H2,1-3H3;4,8,10H,5-6H2,1-3H3. The third-order valence-corrected chi connectivity index (χ3v) is 5.68. The molecule has 2 rings (SSSR count). The van der Waals surface area contributed by atoms with Crippen molar-refractivity contribution in [3.8, 4) is 0 Å². The van der Waals surface area contributed by atoms with E-state index in [1.165, 1.54) is 11.1 Å². The van der Waals surface area contributed by atoms with E-state index >= 15 is 0 Å². The lowest BCUT2D eigenvalue weighted by Crippen LogP contribution is -2.39. The SMILES string of the molecule is CC=C1CC(CO)C1(C)C.COC=C1CC(CO)C1(C)C. The molecule has 0 aromatic heterocycles. The fourth-order valence-corrected chi connectivity index (χ4v) is 3.25. The number of allylic oxidation sites excluding steroid dienone is 3. The number of aliphatic hydroxyl groups excluding tert-OH is 2. The first-order valence-corrected chi connectivity index (χ1v) is 7.85. The maximum Gasteiger partial charge on any atom is 0.0822 e. The van der Waals surface area contributed by atoms with Gasteiger partial charge in [0, 0.05) is 13.2 Å². The van der Waals surface area contributed by atoms with Crippen LogP contribution < -0.4 is 0 Å². The summed E-state index contributed by atoms with van der Waals surface area (Å²) >= 11 is 0. The summed E-state index contributed by atoms with van der Waals surface area (Å²) in [6, 6.07) is 0. The molecule has 0 radical (unpaired) electrons. The molecule has 0 bridgehead atoms. The Kier molecular flexibility index (Phi) is 6.06. The van der Waals surface area contributed by atoms with Gasteiger partial charge in [-0.15, -0.1) is 0 Å². The molecule has 0 aromatic carbocycles. The predicted molar refractivity (Wildman–Crippen MR) is 86.8 cm³/mol. The number of hydrogen-bond donors (Lipinski definition) is 2. The largest absolute Gasteiger partial charge is 0.504 e. The van der Waals surface area contributed by atoms with Crippen LogP contribution in [0.1, 0.15) is 47.5 Å². The van der Waals surface area contributed by atoms with Crippen molar-refractivity contribution >= 4 is 0 Å². The number of methoxy groups -OCH3 is 1. The van der Waals surface area contributed by atoms with Gasteiger partial charge in [-0.05, 0) is 48.0 Å². The first-order chi connectivity index (χ1) is 9.75. The molecule has 0 heterocycles. The molecule has 0 aromatic rings. The minimum atomic E-state index is 0.144. The van der Waals surface area contributed by atoms with Gasteiger partial charge < -0.3 is 14.9 Å². The molecule has 0 saturated heterocycles. The number of ether oxygens (including phenoxy) is 1. The van der Waals surface area contributed by atoms with Crippen molar-refractivity contribution in [1.29, 1.82) is 0 Å². The highest BCUT2D eigenvalue weighted by Crippen LogP contribution is 2.50. The van der Waals surface area contributed by atoms with Crippen molar-refractivity contribution in [2.75, 3.05) is 20.3 Å². The Labute approximate surface area is 129 Å². The van der Waals surface area contributed by atoms with Gasteiger partial charge in [0.1, 0.15) is 0 Å². The summed E-state index contributed by atoms with van der Waals surface area (Å²) in [4.78, 5) is 0. The van der Waals surface area contributed by atoms with E-state index < -0.39 is 0 Å². The molecule has 3 heteroatoms. The van der Waals surface area contributed by atoms with Crippen LogP contribution in [0.25, 0.3) is 0 Å². The van der Waals surface area contributed by atoms with Crippen molar-refractivity contribution in [1.82, 2.24) is 0 Å². The highest BCUT2D eigenvalue weighted by molar-refractivity contribution is 5.23. The van der Waals surface area contributed by atoms with Gasteiger partial charge in [-0.3, -0.25) is 0 Å². The average Bonchev–Trinajstić information content (AvgIpc) is 2.43. The van der Waals surface area contributed by atoms with Crippen LogP contribution in [-0.2, 0) is 4.74 Å². The second-order valence-electron chi connectivity index (χ2n) is 7.30. The molecule has 2 saturated carbocycles. The fourth-order valence-electron chi connectivity index (χ4n) is 3.25. The monoisotopic (exact) mass is 296 g/mol. The highest BCUT2D eigenvalue weighted by atomic mass is 16.5. The molecule has 3 nitrogen and oxygen atoms in total. The maximum absolute atomic E-state index is 8.94. The number of aliphatic hydroxyl groups is 2. The molecule has 2 aliphatic carbocycles. The van der Waals surface area contributed by atoms with Crippen molar-refractivity contribution in [3.05, 3.63) is 23.5 Å². The van der Waals surface area contributed by atoms with E-state index in [-0.39, 0.29) is 17.4 Å². The molecule has 21 heavy (non-hydrogen) atoms. The Morgan fingerprint density at radius 1 is 1.00 bits per heavy atom. The first-order valence-electron chi connectivity index (χ1n) is 7.85. The van der Waals surface area contributed by atoms with Gasteiger partial charge in [-0.1, -0.05) is 39.3 Å². The van der Waals surface area contributed by atoms with Gasteiger partial charge in [0.15, 0.2) is 0 Å². The summed E-state index contributed by atoms with van der Waals surface area (Å²) in [5.74, 6) is 0.919. The quantitative estimate of drug-likeness (QED) is 0.619. The fraction of sp³-hybridized carbons (Fsp3) is 0.778. The minimum Gasteiger partial charge on any atom is -0.504 e. The summed E-state index contributed by atoms with van der Waals surface area (Å²) in [6.07, 6.45) is 6.05. The molecule has 2 atom stereocenters. The van der Waals surface area contributed by atoms with Crippen molar-refractivity contribution < 1.29 is 14.9 Å². The van der Waals surface area contributed by atoms with E-state index in [1.54, 1.807) is 13.4 Å². The zero-order chi connectivity index (χ0) is 16.3. The van der Waals surface area contributed by atoms with E-state index in [0.717, 1.165) is 12.8 Å². The van der Waals surface area contributed by atoms with Crippen LogP contribution in [0.3, 0.4) is 0 Å². The molecule has 2 fully saturated rings. The summed E-state index contributed by atoms with van der Waals surface area (Å²) < 4.78 is 4.93. The van der Waals surface area contributed by atoms with E-state index in [1.807, 2.05) is 0 Å². The molecule has 122 valence electrons. The lowest BCUT2D eigenvalue weighted by molar-refractivity contribution is 0.0790. The minimum absolute atomic E-state index is 0.144. The normalized spacial score (nSPS) is 32.8. The zero-order valence-electron chi connectivity index (χ0n) is 14.4. The van der Waals surface area contributed by atoms with E-state index in [4.69, 9.17) is 14.9 Å². The van der Waals surface area contributed by atoms with Gasteiger partial charge in [-0.2, -0.15) is 0 Å². The Morgan fingerprint density at radius 2 is 1.43 bits per heavy atom. The van der Waals surface area contributed by atoms with Gasteiger partial charge in [0.2, 0.25) is 0 Å². The lowest BCUT2D eigenvalue weighted by atomic mass is 9.59. The van der Waals surface area contributed by atoms with Crippen molar-refractivity contribution in [3.63, 3.8) is 0 Å². The molecule has 0 aliphatic heterocycles. The first kappa shape index (κ1) is 18.2. The lowest BCUT2D eigenvalue weighted by Gasteiger charge is -2.46. The van der Waals surface area contributed by atoms with Gasteiger partial charge in [0.25, 0.3) is 0 Å². The van der Waals surface area contributed by atoms with Crippen LogP contribution in [0.4, 0.5) is 0 Å². The predicted octanol–water partition coefficient (Wildman–Crippen LogP) is 3.53. The average molecular weight is 296 g/mol. The number of hydrogen-bond acceptors (Lipinski definition) is 3. The molecule has 2 unspecified atom stereocenters. The van der Waals surface area contributed by atoms with Gasteiger partial charge in [-0.25, -0.2) is 0 Å². The Bertz CT molecular complexity index is 405. The van der Waals surface area contributed by atoms with Crippen LogP contribution >= 0.6 is 0 Å². The summed E-state index contributed by atoms with van der Waals surface area (Å²) in [5.41, 5.74) is 3.21. The summed E-state index contributed by atoms with van der Waals surface area (Å²) in [5, 5.41) is 17.8. The Morgan fingerprint density at radius 3 is 1.71 bits per heavy atom. The third kappa shape index (κ3) is 3.51. The van der Waals surface area contributed by atoms with Crippen molar-refractivity contribution in [2.24, 2.45) is 22.7 Å². The third-order valence-electron chi connectivity index (χ3n) is 5.68. The topological polar surface area (TPSA) is 49.7 Å². The van der Waals surface area contributed by atoms with Crippen LogP contribution in [0.5, 0.6) is 0 Å². The van der Waals surface area contributed by atoms with Crippen LogP contribution in [0.2, 0.25) is 0 Å². The molecule has 2 N–H and O–H groups in total. The van der Waals surface area contributed by atoms with Crippen LogP contribution in [-0.4, -0.2) is 30.5 Å². The Balaban J connectivity index is 0.000000211. The molecule has 0 amide bonds. The smallest absolute Gasteiger partial charge is 0.0822 e. The number of rotatable bonds is 3. The van der Waals surface area contributed by atoms with Gasteiger partial charge in [0.05, 0.1) is 13.4 Å². The van der Waals surface area contributed by atoms with Crippen LogP contribution in [0, 0.1) is 22.7 Å². The van der Waals surface area contributed by atoms with Gasteiger partial charge >= 0.3 is 0 Å².